The molecule has 1 aliphatic rings. The lowest BCUT2D eigenvalue weighted by atomic mass is 10.3. The molecule has 2 N–H and O–H groups in total. The fraction of sp³-hybridized carbons (Fsp3) is 0.615. The normalized spacial score (nSPS) is 15.8. The second-order valence-corrected chi connectivity index (χ2v) is 4.71. The number of rotatable bonds is 5. The molecule has 0 aliphatic carbocycles. The van der Waals surface area contributed by atoms with Crippen LogP contribution >= 0.6 is 12.4 Å². The van der Waals surface area contributed by atoms with Gasteiger partial charge in [-0.3, -0.25) is 4.79 Å². The molecule has 0 atom stereocenters. The number of hydrogen-bond donors (Lipinski definition) is 2. The van der Waals surface area contributed by atoms with Crippen molar-refractivity contribution >= 4 is 18.3 Å². The van der Waals surface area contributed by atoms with Crippen LogP contribution in [0.4, 0.5) is 0 Å². The average Bonchev–Trinajstić information content (AvgIpc) is 2.82. The summed E-state index contributed by atoms with van der Waals surface area (Å²) in [5, 5.41) is 6.30. The number of carbonyl (C=O) groups excluding carboxylic acids is 1. The molecule has 0 spiro atoms. The Hall–Kier alpha value is -1.04. The molecule has 1 saturated heterocycles. The lowest BCUT2D eigenvalue weighted by molar-refractivity contribution is 0.0943. The zero-order valence-electron chi connectivity index (χ0n) is 11.4. The number of aromatic nitrogens is 1. The highest BCUT2D eigenvalue weighted by molar-refractivity contribution is 5.92. The van der Waals surface area contributed by atoms with Gasteiger partial charge in [0, 0.05) is 46.0 Å². The molecule has 0 aromatic carbocycles. The van der Waals surface area contributed by atoms with Crippen LogP contribution in [0.3, 0.4) is 0 Å². The van der Waals surface area contributed by atoms with E-state index in [1.54, 1.807) is 0 Å². The van der Waals surface area contributed by atoms with Crippen LogP contribution in [0.1, 0.15) is 16.9 Å². The van der Waals surface area contributed by atoms with Crippen molar-refractivity contribution in [2.45, 2.75) is 6.42 Å². The van der Waals surface area contributed by atoms with Crippen molar-refractivity contribution < 1.29 is 4.79 Å². The Morgan fingerprint density at radius 1 is 1.42 bits per heavy atom. The summed E-state index contributed by atoms with van der Waals surface area (Å²) in [6, 6.07) is 3.72. The molecule has 5 nitrogen and oxygen atoms in total. The summed E-state index contributed by atoms with van der Waals surface area (Å²) >= 11 is 0. The molecule has 1 aromatic heterocycles. The fourth-order valence-electron chi connectivity index (χ4n) is 2.23. The first-order chi connectivity index (χ1) is 8.77. The Labute approximate surface area is 120 Å². The number of amides is 1. The third-order valence-electron chi connectivity index (χ3n) is 3.32. The number of carbonyl (C=O) groups is 1. The second-order valence-electron chi connectivity index (χ2n) is 4.71. The van der Waals surface area contributed by atoms with E-state index in [1.165, 1.54) is 0 Å². The Balaban J connectivity index is 0.00000180. The van der Waals surface area contributed by atoms with Crippen molar-refractivity contribution in [3.05, 3.63) is 24.0 Å². The smallest absolute Gasteiger partial charge is 0.267 e. The largest absolute Gasteiger partial charge is 0.351 e. The molecule has 19 heavy (non-hydrogen) atoms. The highest BCUT2D eigenvalue weighted by Crippen LogP contribution is 1.99. The van der Waals surface area contributed by atoms with Crippen molar-refractivity contribution in [2.24, 2.45) is 7.05 Å². The molecule has 1 aliphatic heterocycles. The van der Waals surface area contributed by atoms with Crippen LogP contribution in [-0.2, 0) is 7.05 Å². The average molecular weight is 287 g/mol. The Morgan fingerprint density at radius 3 is 2.79 bits per heavy atom. The monoisotopic (exact) mass is 286 g/mol. The van der Waals surface area contributed by atoms with Gasteiger partial charge in [0.05, 0.1) is 0 Å². The highest BCUT2D eigenvalue weighted by atomic mass is 35.5. The molecule has 1 amide bonds. The molecule has 1 aromatic rings. The van der Waals surface area contributed by atoms with Gasteiger partial charge in [0.1, 0.15) is 5.69 Å². The van der Waals surface area contributed by atoms with Gasteiger partial charge in [0.15, 0.2) is 0 Å². The van der Waals surface area contributed by atoms with Crippen LogP contribution in [0.25, 0.3) is 0 Å². The molecular weight excluding hydrogens is 264 g/mol. The van der Waals surface area contributed by atoms with Crippen molar-refractivity contribution in [2.75, 3.05) is 39.3 Å². The van der Waals surface area contributed by atoms with Gasteiger partial charge in [0.2, 0.25) is 0 Å². The van der Waals surface area contributed by atoms with E-state index in [4.69, 9.17) is 0 Å². The van der Waals surface area contributed by atoms with Crippen LogP contribution in [0, 0.1) is 0 Å². The Kier molecular flexibility index (Phi) is 6.91. The number of halogens is 1. The molecule has 0 saturated carbocycles. The van der Waals surface area contributed by atoms with E-state index in [-0.39, 0.29) is 18.3 Å². The van der Waals surface area contributed by atoms with Gasteiger partial charge < -0.3 is 20.1 Å². The summed E-state index contributed by atoms with van der Waals surface area (Å²) in [5.74, 6) is 0.0165. The van der Waals surface area contributed by atoms with E-state index in [2.05, 4.69) is 15.5 Å². The van der Waals surface area contributed by atoms with Gasteiger partial charge in [-0.05, 0) is 25.1 Å². The molecule has 0 unspecified atom stereocenters. The quantitative estimate of drug-likeness (QED) is 0.774. The van der Waals surface area contributed by atoms with Gasteiger partial charge in [-0.2, -0.15) is 0 Å². The maximum absolute atomic E-state index is 11.8. The van der Waals surface area contributed by atoms with E-state index < -0.39 is 0 Å². The summed E-state index contributed by atoms with van der Waals surface area (Å²) in [6.07, 6.45) is 2.89. The molecule has 2 rings (SSSR count). The van der Waals surface area contributed by atoms with E-state index in [0.29, 0.717) is 0 Å². The van der Waals surface area contributed by atoms with Gasteiger partial charge in [-0.1, -0.05) is 0 Å². The molecule has 108 valence electrons. The molecule has 2 heterocycles. The molecule has 0 radical (unpaired) electrons. The minimum Gasteiger partial charge on any atom is -0.351 e. The third kappa shape index (κ3) is 4.86. The fourth-order valence-corrected chi connectivity index (χ4v) is 2.23. The maximum Gasteiger partial charge on any atom is 0.267 e. The maximum atomic E-state index is 11.8. The number of piperazine rings is 1. The number of nitrogens with one attached hydrogen (secondary N) is 2. The first-order valence-electron chi connectivity index (χ1n) is 6.60. The summed E-state index contributed by atoms with van der Waals surface area (Å²) < 4.78 is 1.84. The van der Waals surface area contributed by atoms with Crippen LogP contribution in [0.15, 0.2) is 18.3 Å². The van der Waals surface area contributed by atoms with Crippen LogP contribution in [0.2, 0.25) is 0 Å². The highest BCUT2D eigenvalue weighted by Gasteiger charge is 2.10. The van der Waals surface area contributed by atoms with Crippen LogP contribution in [-0.4, -0.2) is 54.6 Å². The lowest BCUT2D eigenvalue weighted by Gasteiger charge is -2.27. The van der Waals surface area contributed by atoms with Gasteiger partial charge >= 0.3 is 0 Å². The zero-order valence-corrected chi connectivity index (χ0v) is 12.2. The van der Waals surface area contributed by atoms with Crippen molar-refractivity contribution in [3.63, 3.8) is 0 Å². The summed E-state index contributed by atoms with van der Waals surface area (Å²) in [4.78, 5) is 14.3. The van der Waals surface area contributed by atoms with Gasteiger partial charge in [-0.25, -0.2) is 0 Å². The van der Waals surface area contributed by atoms with E-state index in [0.717, 1.165) is 51.4 Å². The van der Waals surface area contributed by atoms with Gasteiger partial charge in [0.25, 0.3) is 5.91 Å². The summed E-state index contributed by atoms with van der Waals surface area (Å²) in [7, 11) is 1.88. The zero-order chi connectivity index (χ0) is 12.8. The predicted molar refractivity (Wildman–Crippen MR) is 78.9 cm³/mol. The first kappa shape index (κ1) is 16.0. The predicted octanol–water partition coefficient (Wildman–Crippen LogP) is 0.472. The topological polar surface area (TPSA) is 49.3 Å². The number of aryl methyl sites for hydroxylation is 1. The van der Waals surface area contributed by atoms with Crippen molar-refractivity contribution in [1.82, 2.24) is 20.1 Å². The lowest BCUT2D eigenvalue weighted by Crippen LogP contribution is -2.44. The first-order valence-corrected chi connectivity index (χ1v) is 6.60. The van der Waals surface area contributed by atoms with Crippen molar-refractivity contribution in [1.29, 1.82) is 0 Å². The van der Waals surface area contributed by atoms with Crippen LogP contribution < -0.4 is 10.6 Å². The van der Waals surface area contributed by atoms with E-state index >= 15 is 0 Å². The molecule has 6 heteroatoms. The minimum atomic E-state index is 0. The summed E-state index contributed by atoms with van der Waals surface area (Å²) in [6.45, 7) is 6.20. The Morgan fingerprint density at radius 2 is 2.16 bits per heavy atom. The Bertz CT molecular complexity index is 388. The third-order valence-corrected chi connectivity index (χ3v) is 3.32. The van der Waals surface area contributed by atoms with E-state index in [1.807, 2.05) is 29.9 Å². The SMILES string of the molecule is Cl.Cn1cccc1C(=O)NCCCN1CCNCC1. The standard InChI is InChI=1S/C13H22N4O.ClH/c1-16-8-2-4-12(16)13(18)15-5-3-9-17-10-6-14-7-11-17;/h2,4,8,14H,3,5-7,9-11H2,1H3,(H,15,18);1H. The number of hydrogen-bond acceptors (Lipinski definition) is 3. The van der Waals surface area contributed by atoms with Crippen LogP contribution in [0.5, 0.6) is 0 Å². The molecule has 0 bridgehead atoms. The molecular formula is C13H23ClN4O. The minimum absolute atomic E-state index is 0. The summed E-state index contributed by atoms with van der Waals surface area (Å²) in [5.41, 5.74) is 0.720. The molecule has 1 fully saturated rings. The van der Waals surface area contributed by atoms with Gasteiger partial charge in [-0.15, -0.1) is 12.4 Å². The number of nitrogens with zero attached hydrogens (tertiary/aromatic N) is 2. The van der Waals surface area contributed by atoms with Crippen molar-refractivity contribution in [3.8, 4) is 0 Å². The van der Waals surface area contributed by atoms with E-state index in [9.17, 15) is 4.79 Å². The second kappa shape index (κ2) is 8.19.